The maximum atomic E-state index is 11.6. The highest BCUT2D eigenvalue weighted by Gasteiger charge is 2.14. The molecule has 1 aromatic heterocycles. The molecule has 5 heteroatoms. The van der Waals surface area contributed by atoms with E-state index < -0.39 is 0 Å². The van der Waals surface area contributed by atoms with E-state index in [4.69, 9.17) is 17.3 Å². The van der Waals surface area contributed by atoms with E-state index >= 15 is 0 Å². The van der Waals surface area contributed by atoms with Crippen LogP contribution >= 0.6 is 11.6 Å². The number of halogens is 1. The number of nitrogens with two attached hydrogens (primary N) is 1. The molecule has 1 heterocycles. The highest BCUT2D eigenvalue weighted by Crippen LogP contribution is 2.11. The minimum Gasteiger partial charge on any atom is -0.330 e. The first-order chi connectivity index (χ1) is 7.17. The van der Waals surface area contributed by atoms with Gasteiger partial charge in [0.2, 0.25) is 5.91 Å². The van der Waals surface area contributed by atoms with Gasteiger partial charge < -0.3 is 11.1 Å². The minimum absolute atomic E-state index is 0.0795. The molecule has 1 aromatic rings. The third kappa shape index (κ3) is 3.49. The van der Waals surface area contributed by atoms with E-state index in [-0.39, 0.29) is 11.8 Å². The first kappa shape index (κ1) is 11.9. The number of nitrogens with zero attached hydrogens (tertiary/aromatic N) is 1. The Morgan fingerprint density at radius 1 is 1.67 bits per heavy atom. The van der Waals surface area contributed by atoms with Gasteiger partial charge in [-0.2, -0.15) is 0 Å². The van der Waals surface area contributed by atoms with Gasteiger partial charge in [-0.25, -0.2) is 4.98 Å². The normalized spacial score (nSPS) is 12.2. The van der Waals surface area contributed by atoms with Gasteiger partial charge in [-0.1, -0.05) is 18.5 Å². The molecule has 1 amide bonds. The lowest BCUT2D eigenvalue weighted by Gasteiger charge is -2.12. The van der Waals surface area contributed by atoms with E-state index in [1.54, 1.807) is 12.1 Å². The topological polar surface area (TPSA) is 68.0 Å². The molecule has 82 valence electrons. The third-order valence-corrected chi connectivity index (χ3v) is 2.37. The zero-order valence-electron chi connectivity index (χ0n) is 8.53. The molecule has 0 aliphatic rings. The Balaban J connectivity index is 2.61. The Hall–Kier alpha value is -1.13. The molecule has 0 bridgehead atoms. The zero-order chi connectivity index (χ0) is 11.3. The third-order valence-electron chi connectivity index (χ3n) is 2.14. The Labute approximate surface area is 93.8 Å². The fourth-order valence-electron chi connectivity index (χ4n) is 1.15. The molecule has 1 rings (SSSR count). The summed E-state index contributed by atoms with van der Waals surface area (Å²) in [5.41, 5.74) is 6.10. The average Bonchev–Trinajstić information content (AvgIpc) is 2.23. The number of carbonyl (C=O) groups is 1. The summed E-state index contributed by atoms with van der Waals surface area (Å²) in [6.45, 7) is 2.28. The average molecular weight is 228 g/mol. The molecule has 1 unspecified atom stereocenters. The molecule has 3 N–H and O–H groups in total. The van der Waals surface area contributed by atoms with Crippen LogP contribution in [0.1, 0.15) is 13.3 Å². The lowest BCUT2D eigenvalue weighted by molar-refractivity contribution is -0.119. The summed E-state index contributed by atoms with van der Waals surface area (Å²) in [4.78, 5) is 15.5. The van der Waals surface area contributed by atoms with Crippen molar-refractivity contribution in [1.29, 1.82) is 0 Å². The predicted octanol–water partition coefficient (Wildman–Crippen LogP) is 1.66. The molecule has 0 aromatic carbocycles. The Morgan fingerprint density at radius 2 is 2.40 bits per heavy atom. The van der Waals surface area contributed by atoms with Crippen molar-refractivity contribution < 1.29 is 4.79 Å². The second-order valence-electron chi connectivity index (χ2n) is 3.20. The SMILES string of the molecule is CCC(CN)C(=O)Nc1ccc(Cl)nc1. The quantitative estimate of drug-likeness (QED) is 0.769. The smallest absolute Gasteiger partial charge is 0.228 e. The van der Waals surface area contributed by atoms with Gasteiger partial charge in [0.15, 0.2) is 0 Å². The first-order valence-corrected chi connectivity index (χ1v) is 5.17. The maximum Gasteiger partial charge on any atom is 0.228 e. The Bertz CT molecular complexity index is 322. The number of anilines is 1. The summed E-state index contributed by atoms with van der Waals surface area (Å²) in [5, 5.41) is 3.13. The van der Waals surface area contributed by atoms with Crippen LogP contribution in [0.25, 0.3) is 0 Å². The number of carbonyl (C=O) groups excluding carboxylic acids is 1. The lowest BCUT2D eigenvalue weighted by Crippen LogP contribution is -2.28. The lowest BCUT2D eigenvalue weighted by atomic mass is 10.1. The van der Waals surface area contributed by atoms with E-state index in [1.807, 2.05) is 6.92 Å². The van der Waals surface area contributed by atoms with Crippen LogP contribution in [0.4, 0.5) is 5.69 Å². The fraction of sp³-hybridized carbons (Fsp3) is 0.400. The van der Waals surface area contributed by atoms with Gasteiger partial charge in [-0.3, -0.25) is 4.79 Å². The molecule has 0 saturated carbocycles. The van der Waals surface area contributed by atoms with Crippen LogP contribution < -0.4 is 11.1 Å². The molecule has 1 atom stereocenters. The van der Waals surface area contributed by atoms with Gasteiger partial charge in [0.05, 0.1) is 17.8 Å². The summed E-state index contributed by atoms with van der Waals surface area (Å²) in [6, 6.07) is 3.33. The summed E-state index contributed by atoms with van der Waals surface area (Å²) in [6.07, 6.45) is 2.24. The van der Waals surface area contributed by atoms with Gasteiger partial charge in [0.1, 0.15) is 5.15 Å². The predicted molar refractivity (Wildman–Crippen MR) is 60.7 cm³/mol. The van der Waals surface area contributed by atoms with Crippen LogP contribution in [0.2, 0.25) is 5.15 Å². The van der Waals surface area contributed by atoms with Gasteiger partial charge in [-0.15, -0.1) is 0 Å². The molecule has 15 heavy (non-hydrogen) atoms. The summed E-state index contributed by atoms with van der Waals surface area (Å²) < 4.78 is 0. The van der Waals surface area contributed by atoms with E-state index in [0.29, 0.717) is 17.4 Å². The van der Waals surface area contributed by atoms with E-state index in [9.17, 15) is 4.79 Å². The van der Waals surface area contributed by atoms with Crippen molar-refractivity contribution in [3.05, 3.63) is 23.5 Å². The molecule has 0 spiro atoms. The molecular weight excluding hydrogens is 214 g/mol. The standard InChI is InChI=1S/C10H14ClN3O/c1-2-7(5-12)10(15)14-8-3-4-9(11)13-6-8/h3-4,6-7H,2,5,12H2,1H3,(H,14,15). The number of aromatic nitrogens is 1. The second kappa shape index (κ2) is 5.68. The van der Waals surface area contributed by atoms with Crippen LogP contribution in [-0.2, 0) is 4.79 Å². The summed E-state index contributed by atoms with van der Waals surface area (Å²) in [5.74, 6) is -0.232. The number of hydrogen-bond acceptors (Lipinski definition) is 3. The molecule has 0 aliphatic carbocycles. The van der Waals surface area contributed by atoms with Crippen molar-refractivity contribution in [2.45, 2.75) is 13.3 Å². The maximum absolute atomic E-state index is 11.6. The van der Waals surface area contributed by atoms with Gasteiger partial charge in [0.25, 0.3) is 0 Å². The van der Waals surface area contributed by atoms with Crippen LogP contribution in [0.5, 0.6) is 0 Å². The van der Waals surface area contributed by atoms with Gasteiger partial charge >= 0.3 is 0 Å². The van der Waals surface area contributed by atoms with E-state index in [0.717, 1.165) is 6.42 Å². The van der Waals surface area contributed by atoms with Crippen molar-refractivity contribution in [2.75, 3.05) is 11.9 Å². The van der Waals surface area contributed by atoms with Crippen molar-refractivity contribution in [3.63, 3.8) is 0 Å². The van der Waals surface area contributed by atoms with Crippen LogP contribution in [-0.4, -0.2) is 17.4 Å². The second-order valence-corrected chi connectivity index (χ2v) is 3.59. The first-order valence-electron chi connectivity index (χ1n) is 4.79. The highest BCUT2D eigenvalue weighted by atomic mass is 35.5. The Morgan fingerprint density at radius 3 is 2.87 bits per heavy atom. The molecule has 4 nitrogen and oxygen atoms in total. The minimum atomic E-state index is -0.152. The van der Waals surface area contributed by atoms with E-state index in [2.05, 4.69) is 10.3 Å². The molecule has 0 aliphatic heterocycles. The zero-order valence-corrected chi connectivity index (χ0v) is 9.29. The Kier molecular flexibility index (Phi) is 4.52. The summed E-state index contributed by atoms with van der Waals surface area (Å²) >= 11 is 5.62. The number of amides is 1. The molecular formula is C10H14ClN3O. The largest absolute Gasteiger partial charge is 0.330 e. The van der Waals surface area contributed by atoms with Crippen LogP contribution in [0.15, 0.2) is 18.3 Å². The molecule has 0 fully saturated rings. The van der Waals surface area contributed by atoms with Crippen molar-refractivity contribution >= 4 is 23.2 Å². The molecule has 0 saturated heterocycles. The summed E-state index contributed by atoms with van der Waals surface area (Å²) in [7, 11) is 0. The van der Waals surface area contributed by atoms with Crippen molar-refractivity contribution in [1.82, 2.24) is 4.98 Å². The van der Waals surface area contributed by atoms with Crippen molar-refractivity contribution in [3.8, 4) is 0 Å². The van der Waals surface area contributed by atoms with Gasteiger partial charge in [0, 0.05) is 6.54 Å². The van der Waals surface area contributed by atoms with Crippen LogP contribution in [0.3, 0.4) is 0 Å². The number of hydrogen-bond donors (Lipinski definition) is 2. The molecule has 0 radical (unpaired) electrons. The van der Waals surface area contributed by atoms with Crippen LogP contribution in [0, 0.1) is 5.92 Å². The highest BCUT2D eigenvalue weighted by molar-refractivity contribution is 6.29. The van der Waals surface area contributed by atoms with E-state index in [1.165, 1.54) is 6.20 Å². The monoisotopic (exact) mass is 227 g/mol. The fourth-order valence-corrected chi connectivity index (χ4v) is 1.26. The van der Waals surface area contributed by atoms with Crippen molar-refractivity contribution in [2.24, 2.45) is 11.7 Å². The number of nitrogens with one attached hydrogen (secondary N) is 1. The van der Waals surface area contributed by atoms with Gasteiger partial charge in [-0.05, 0) is 18.6 Å². The number of rotatable bonds is 4. The number of pyridine rings is 1.